The summed E-state index contributed by atoms with van der Waals surface area (Å²) in [4.78, 5) is 14.2. The van der Waals surface area contributed by atoms with E-state index in [0.29, 0.717) is 11.6 Å². The molecule has 0 aliphatic carbocycles. The summed E-state index contributed by atoms with van der Waals surface area (Å²) in [6, 6.07) is 1.01. The monoisotopic (exact) mass is 317 g/mol. The van der Waals surface area contributed by atoms with Crippen LogP contribution in [0.1, 0.15) is 38.1 Å². The Kier molecular flexibility index (Phi) is 4.82. The van der Waals surface area contributed by atoms with E-state index in [1.165, 1.54) is 4.68 Å². The molecule has 1 aromatic heterocycles. The average Bonchev–Trinajstić information content (AvgIpc) is 2.79. The number of halogens is 3. The molecule has 1 amide bonds. The number of aryl methyl sites for hydroxylation is 1. The maximum atomic E-state index is 12.7. The molecule has 0 saturated carbocycles. The molecule has 0 aromatic carbocycles. The van der Waals surface area contributed by atoms with Crippen LogP contribution < -0.4 is 0 Å². The fourth-order valence-corrected chi connectivity index (χ4v) is 2.87. The minimum Gasteiger partial charge on any atom is -0.342 e. The second kappa shape index (κ2) is 6.30. The van der Waals surface area contributed by atoms with Crippen molar-refractivity contribution in [2.75, 3.05) is 13.1 Å². The lowest BCUT2D eigenvalue weighted by Crippen LogP contribution is -2.42. The Bertz CT molecular complexity index is 539. The van der Waals surface area contributed by atoms with Crippen LogP contribution in [-0.4, -0.2) is 33.7 Å². The second-order valence-electron chi connectivity index (χ2n) is 6.28. The molecule has 1 aromatic rings. The number of piperidine rings is 1. The number of carbonyl (C=O) groups excluding carboxylic acids is 1. The fourth-order valence-electron chi connectivity index (χ4n) is 2.87. The first kappa shape index (κ1) is 16.8. The van der Waals surface area contributed by atoms with Crippen LogP contribution in [0.5, 0.6) is 0 Å². The molecule has 1 aliphatic heterocycles. The van der Waals surface area contributed by atoms with Crippen LogP contribution in [0.2, 0.25) is 0 Å². The van der Waals surface area contributed by atoms with Crippen molar-refractivity contribution >= 4 is 5.91 Å². The largest absolute Gasteiger partial charge is 0.435 e. The quantitative estimate of drug-likeness (QED) is 0.859. The summed E-state index contributed by atoms with van der Waals surface area (Å²) < 4.78 is 39.3. The van der Waals surface area contributed by atoms with Crippen LogP contribution in [-0.2, 0) is 17.5 Å². The van der Waals surface area contributed by atoms with Gasteiger partial charge in [0, 0.05) is 18.8 Å². The van der Waals surface area contributed by atoms with E-state index in [0.717, 1.165) is 32.0 Å². The summed E-state index contributed by atoms with van der Waals surface area (Å²) in [6.45, 7) is 7.07. The molecule has 1 aliphatic rings. The van der Waals surface area contributed by atoms with E-state index in [4.69, 9.17) is 0 Å². The first-order valence-electron chi connectivity index (χ1n) is 7.59. The standard InChI is InChI=1S/C15H22F3N3O/c1-10-5-4-6-20(8-10)14(22)11(2)9-21-12(3)7-13(19-21)15(16,17)18/h7,10-11H,4-6,8-9H2,1-3H3/t10-,11-/m0/s1. The Hall–Kier alpha value is -1.53. The van der Waals surface area contributed by atoms with Crippen molar-refractivity contribution in [1.82, 2.24) is 14.7 Å². The summed E-state index contributed by atoms with van der Waals surface area (Å²) in [7, 11) is 0. The minimum atomic E-state index is -4.45. The number of carbonyl (C=O) groups is 1. The highest BCUT2D eigenvalue weighted by Gasteiger charge is 2.35. The van der Waals surface area contributed by atoms with Crippen LogP contribution in [0.25, 0.3) is 0 Å². The van der Waals surface area contributed by atoms with E-state index in [1.54, 1.807) is 13.8 Å². The molecule has 7 heteroatoms. The molecule has 2 rings (SSSR count). The number of likely N-dealkylation sites (tertiary alicyclic amines) is 1. The number of hydrogen-bond donors (Lipinski definition) is 0. The van der Waals surface area contributed by atoms with Gasteiger partial charge in [0.25, 0.3) is 0 Å². The van der Waals surface area contributed by atoms with Crippen molar-refractivity contribution in [3.8, 4) is 0 Å². The van der Waals surface area contributed by atoms with E-state index < -0.39 is 11.9 Å². The zero-order valence-electron chi connectivity index (χ0n) is 13.2. The van der Waals surface area contributed by atoms with Gasteiger partial charge < -0.3 is 4.90 Å². The molecule has 1 saturated heterocycles. The van der Waals surface area contributed by atoms with E-state index in [1.807, 2.05) is 4.90 Å². The Morgan fingerprint density at radius 1 is 1.50 bits per heavy atom. The highest BCUT2D eigenvalue weighted by atomic mass is 19.4. The lowest BCUT2D eigenvalue weighted by molar-refractivity contribution is -0.141. The first-order chi connectivity index (χ1) is 10.2. The molecule has 124 valence electrons. The molecule has 2 atom stereocenters. The maximum absolute atomic E-state index is 12.7. The number of aromatic nitrogens is 2. The summed E-state index contributed by atoms with van der Waals surface area (Å²) in [5.74, 6) is 0.0909. The van der Waals surface area contributed by atoms with Crippen LogP contribution in [0.15, 0.2) is 6.07 Å². The SMILES string of the molecule is Cc1cc(C(F)(F)F)nn1C[C@H](C)C(=O)N1CCC[C@H](C)C1. The first-order valence-corrected chi connectivity index (χ1v) is 7.59. The smallest absolute Gasteiger partial charge is 0.342 e. The van der Waals surface area contributed by atoms with E-state index >= 15 is 0 Å². The zero-order chi connectivity index (χ0) is 16.5. The number of rotatable bonds is 3. The van der Waals surface area contributed by atoms with Gasteiger partial charge in [0.05, 0.1) is 12.5 Å². The third-order valence-corrected chi connectivity index (χ3v) is 4.11. The predicted molar refractivity (Wildman–Crippen MR) is 76.1 cm³/mol. The summed E-state index contributed by atoms with van der Waals surface area (Å²) >= 11 is 0. The molecule has 0 unspecified atom stereocenters. The normalized spacial score (nSPS) is 21.0. The topological polar surface area (TPSA) is 38.1 Å². The fraction of sp³-hybridized carbons (Fsp3) is 0.733. The Balaban J connectivity index is 2.04. The van der Waals surface area contributed by atoms with Gasteiger partial charge in [0.15, 0.2) is 5.69 Å². The molecule has 0 bridgehead atoms. The molecule has 0 radical (unpaired) electrons. The summed E-state index contributed by atoms with van der Waals surface area (Å²) in [5, 5.41) is 3.58. The van der Waals surface area contributed by atoms with Gasteiger partial charge >= 0.3 is 6.18 Å². The number of amides is 1. The van der Waals surface area contributed by atoms with Crippen molar-refractivity contribution in [2.45, 2.75) is 46.3 Å². The van der Waals surface area contributed by atoms with Gasteiger partial charge in [-0.3, -0.25) is 9.48 Å². The molecule has 0 spiro atoms. The Labute approximate surface area is 128 Å². The number of alkyl halides is 3. The van der Waals surface area contributed by atoms with Crippen molar-refractivity contribution < 1.29 is 18.0 Å². The van der Waals surface area contributed by atoms with E-state index in [-0.39, 0.29) is 18.4 Å². The van der Waals surface area contributed by atoms with Crippen molar-refractivity contribution in [1.29, 1.82) is 0 Å². The zero-order valence-corrected chi connectivity index (χ0v) is 13.2. The van der Waals surface area contributed by atoms with Gasteiger partial charge in [-0.1, -0.05) is 13.8 Å². The molecule has 1 fully saturated rings. The van der Waals surface area contributed by atoms with Crippen LogP contribution in [0.4, 0.5) is 13.2 Å². The number of hydrogen-bond acceptors (Lipinski definition) is 2. The lowest BCUT2D eigenvalue weighted by Gasteiger charge is -2.32. The minimum absolute atomic E-state index is 0.00462. The number of nitrogens with zero attached hydrogens (tertiary/aromatic N) is 3. The molecule has 0 N–H and O–H groups in total. The summed E-state index contributed by atoms with van der Waals surface area (Å²) in [5.41, 5.74) is -0.491. The predicted octanol–water partition coefficient (Wildman–Crippen LogP) is 3.10. The molecule has 2 heterocycles. The highest BCUT2D eigenvalue weighted by molar-refractivity contribution is 5.78. The molecule has 4 nitrogen and oxygen atoms in total. The van der Waals surface area contributed by atoms with Gasteiger partial charge in [0.1, 0.15) is 0 Å². The van der Waals surface area contributed by atoms with Gasteiger partial charge in [-0.2, -0.15) is 18.3 Å². The highest BCUT2D eigenvalue weighted by Crippen LogP contribution is 2.28. The van der Waals surface area contributed by atoms with Gasteiger partial charge in [-0.05, 0) is 31.7 Å². The van der Waals surface area contributed by atoms with Gasteiger partial charge in [0.2, 0.25) is 5.91 Å². The third kappa shape index (κ3) is 3.81. The lowest BCUT2D eigenvalue weighted by atomic mass is 9.99. The van der Waals surface area contributed by atoms with Gasteiger partial charge in [-0.15, -0.1) is 0 Å². The van der Waals surface area contributed by atoms with Crippen LogP contribution in [0.3, 0.4) is 0 Å². The van der Waals surface area contributed by atoms with E-state index in [9.17, 15) is 18.0 Å². The van der Waals surface area contributed by atoms with Crippen LogP contribution >= 0.6 is 0 Å². The molecular weight excluding hydrogens is 295 g/mol. The second-order valence-corrected chi connectivity index (χ2v) is 6.28. The summed E-state index contributed by atoms with van der Waals surface area (Å²) in [6.07, 6.45) is -2.35. The average molecular weight is 317 g/mol. The van der Waals surface area contributed by atoms with E-state index in [2.05, 4.69) is 12.0 Å². The molecule has 22 heavy (non-hydrogen) atoms. The van der Waals surface area contributed by atoms with Gasteiger partial charge in [-0.25, -0.2) is 0 Å². The maximum Gasteiger partial charge on any atom is 0.435 e. The van der Waals surface area contributed by atoms with Crippen molar-refractivity contribution in [3.63, 3.8) is 0 Å². The third-order valence-electron chi connectivity index (χ3n) is 4.11. The molecular formula is C15H22F3N3O. The Morgan fingerprint density at radius 2 is 2.18 bits per heavy atom. The van der Waals surface area contributed by atoms with Crippen LogP contribution in [0, 0.1) is 18.8 Å². The Morgan fingerprint density at radius 3 is 2.73 bits per heavy atom. The van der Waals surface area contributed by atoms with Crippen molar-refractivity contribution in [3.05, 3.63) is 17.5 Å². The van der Waals surface area contributed by atoms with Crippen molar-refractivity contribution in [2.24, 2.45) is 11.8 Å².